The van der Waals surface area contributed by atoms with Gasteiger partial charge in [0.1, 0.15) is 5.82 Å². The topological polar surface area (TPSA) is 58.1 Å². The molecule has 0 unspecified atom stereocenters. The summed E-state index contributed by atoms with van der Waals surface area (Å²) in [4.78, 5) is 23.3. The van der Waals surface area contributed by atoms with E-state index in [1.807, 2.05) is 24.4 Å². The summed E-state index contributed by atoms with van der Waals surface area (Å²) < 4.78 is 0. The van der Waals surface area contributed by atoms with Crippen LogP contribution in [0.15, 0.2) is 41.9 Å². The number of hydrogen-bond donors (Lipinski definition) is 1. The number of anilines is 2. The van der Waals surface area contributed by atoms with Crippen molar-refractivity contribution in [3.63, 3.8) is 0 Å². The van der Waals surface area contributed by atoms with Gasteiger partial charge in [-0.2, -0.15) is 0 Å². The molecule has 0 bridgehead atoms. The third-order valence-electron chi connectivity index (χ3n) is 4.57. The number of rotatable bonds is 4. The molecule has 4 rings (SSSR count). The van der Waals surface area contributed by atoms with E-state index in [0.29, 0.717) is 16.5 Å². The van der Waals surface area contributed by atoms with E-state index >= 15 is 0 Å². The maximum atomic E-state index is 12.6. The van der Waals surface area contributed by atoms with Crippen LogP contribution in [0.1, 0.15) is 27.9 Å². The van der Waals surface area contributed by atoms with Gasteiger partial charge in [-0.3, -0.25) is 10.1 Å². The molecule has 1 N–H and O–H groups in total. The number of aromatic nitrogens is 2. The van der Waals surface area contributed by atoms with Gasteiger partial charge in [-0.15, -0.1) is 11.3 Å². The van der Waals surface area contributed by atoms with Crippen LogP contribution in [-0.2, 0) is 12.8 Å². The number of pyridine rings is 1. The van der Waals surface area contributed by atoms with Crippen LogP contribution in [0.2, 0.25) is 0 Å². The quantitative estimate of drug-likeness (QED) is 0.760. The lowest BCUT2D eigenvalue weighted by Gasteiger charge is -2.14. The number of thiazole rings is 1. The minimum absolute atomic E-state index is 0.198. The van der Waals surface area contributed by atoms with Gasteiger partial charge in [0, 0.05) is 31.2 Å². The summed E-state index contributed by atoms with van der Waals surface area (Å²) in [6, 6.07) is 10.1. The number of amides is 1. The van der Waals surface area contributed by atoms with Crippen molar-refractivity contribution in [2.24, 2.45) is 0 Å². The number of aryl methyl sites for hydroxylation is 2. The van der Waals surface area contributed by atoms with Crippen molar-refractivity contribution in [3.8, 4) is 11.3 Å². The summed E-state index contributed by atoms with van der Waals surface area (Å²) in [5, 5.41) is 5.48. The molecule has 0 saturated carbocycles. The van der Waals surface area contributed by atoms with E-state index in [-0.39, 0.29) is 5.91 Å². The first-order chi connectivity index (χ1) is 12.6. The Morgan fingerprint density at radius 2 is 2.04 bits per heavy atom. The summed E-state index contributed by atoms with van der Waals surface area (Å²) in [7, 11) is 3.74. The van der Waals surface area contributed by atoms with Crippen molar-refractivity contribution in [2.45, 2.75) is 19.3 Å². The average Bonchev–Trinajstić information content (AvgIpc) is 3.30. The highest BCUT2D eigenvalue weighted by Crippen LogP contribution is 2.30. The van der Waals surface area contributed by atoms with Crippen molar-refractivity contribution < 1.29 is 4.79 Å². The first kappa shape index (κ1) is 16.7. The highest BCUT2D eigenvalue weighted by molar-refractivity contribution is 7.14. The van der Waals surface area contributed by atoms with Gasteiger partial charge in [0.05, 0.1) is 11.3 Å². The van der Waals surface area contributed by atoms with Gasteiger partial charge >= 0.3 is 0 Å². The molecule has 1 amide bonds. The van der Waals surface area contributed by atoms with Crippen LogP contribution in [0.5, 0.6) is 0 Å². The molecule has 0 spiro atoms. The molecule has 0 atom stereocenters. The molecule has 0 radical (unpaired) electrons. The predicted octanol–water partition coefficient (Wildman–Crippen LogP) is 4.01. The zero-order chi connectivity index (χ0) is 18.1. The van der Waals surface area contributed by atoms with Crippen LogP contribution in [0.4, 0.5) is 10.9 Å². The molecule has 5 nitrogen and oxygen atoms in total. The Morgan fingerprint density at radius 3 is 2.88 bits per heavy atom. The van der Waals surface area contributed by atoms with E-state index in [1.54, 1.807) is 18.3 Å². The van der Waals surface area contributed by atoms with Crippen LogP contribution >= 0.6 is 11.3 Å². The fourth-order valence-electron chi connectivity index (χ4n) is 3.29. The summed E-state index contributed by atoms with van der Waals surface area (Å²) in [6.45, 7) is 0. The molecule has 1 aliphatic rings. The zero-order valence-corrected chi connectivity index (χ0v) is 15.6. The first-order valence-electron chi connectivity index (χ1n) is 8.63. The fourth-order valence-corrected chi connectivity index (χ4v) is 4.00. The molecule has 2 aromatic heterocycles. The summed E-state index contributed by atoms with van der Waals surface area (Å²) >= 11 is 1.44. The lowest BCUT2D eigenvalue weighted by Crippen LogP contribution is -2.19. The molecule has 6 heteroatoms. The number of hydrogen-bond acceptors (Lipinski definition) is 5. The number of carbonyl (C=O) groups is 1. The molecule has 0 saturated heterocycles. The van der Waals surface area contributed by atoms with E-state index in [1.165, 1.54) is 35.3 Å². The van der Waals surface area contributed by atoms with Crippen LogP contribution in [-0.4, -0.2) is 30.0 Å². The third kappa shape index (κ3) is 3.20. The Labute approximate surface area is 156 Å². The monoisotopic (exact) mass is 364 g/mol. The van der Waals surface area contributed by atoms with Gasteiger partial charge in [-0.25, -0.2) is 9.97 Å². The van der Waals surface area contributed by atoms with Gasteiger partial charge in [0.15, 0.2) is 5.13 Å². The standard InChI is InChI=1S/C20H20N4OS/c1-24(2)18-16(7-4-10-21-18)19(25)23-20-22-17(12-26-20)15-9-8-13-5-3-6-14(13)11-15/h4,7-12H,3,5-6H2,1-2H3,(H,22,23,25). The number of carbonyl (C=O) groups excluding carboxylic acids is 1. The van der Waals surface area contributed by atoms with Gasteiger partial charge in [-0.1, -0.05) is 12.1 Å². The van der Waals surface area contributed by atoms with Crippen molar-refractivity contribution in [2.75, 3.05) is 24.3 Å². The minimum Gasteiger partial charge on any atom is -0.362 e. The first-order valence-corrected chi connectivity index (χ1v) is 9.51. The highest BCUT2D eigenvalue weighted by Gasteiger charge is 2.16. The van der Waals surface area contributed by atoms with Crippen LogP contribution in [0, 0.1) is 0 Å². The van der Waals surface area contributed by atoms with E-state index < -0.39 is 0 Å². The smallest absolute Gasteiger partial charge is 0.261 e. The average molecular weight is 364 g/mol. The van der Waals surface area contributed by atoms with Crippen LogP contribution < -0.4 is 10.2 Å². The number of benzene rings is 1. The van der Waals surface area contributed by atoms with E-state index in [2.05, 4.69) is 33.5 Å². The molecule has 2 heterocycles. The molecule has 132 valence electrons. The van der Waals surface area contributed by atoms with Gasteiger partial charge in [0.25, 0.3) is 5.91 Å². The Kier molecular flexibility index (Phi) is 4.42. The normalized spacial score (nSPS) is 12.7. The maximum Gasteiger partial charge on any atom is 0.261 e. The number of nitrogens with one attached hydrogen (secondary N) is 1. The fraction of sp³-hybridized carbons (Fsp3) is 0.250. The molecule has 0 aliphatic heterocycles. The van der Waals surface area contributed by atoms with E-state index in [0.717, 1.165) is 17.7 Å². The SMILES string of the molecule is CN(C)c1ncccc1C(=O)Nc1nc(-c2ccc3c(c2)CCC3)cs1. The second-order valence-corrected chi connectivity index (χ2v) is 7.46. The molecular formula is C20H20N4OS. The summed E-state index contributed by atoms with van der Waals surface area (Å²) in [6.07, 6.45) is 5.23. The second kappa shape index (κ2) is 6.88. The Hall–Kier alpha value is -2.73. The van der Waals surface area contributed by atoms with Gasteiger partial charge in [0.2, 0.25) is 0 Å². The van der Waals surface area contributed by atoms with Gasteiger partial charge in [-0.05, 0) is 48.6 Å². The minimum atomic E-state index is -0.198. The Bertz CT molecular complexity index is 964. The number of fused-ring (bicyclic) bond motifs is 1. The van der Waals surface area contributed by atoms with Crippen molar-refractivity contribution >= 4 is 28.2 Å². The Morgan fingerprint density at radius 1 is 1.19 bits per heavy atom. The summed E-state index contributed by atoms with van der Waals surface area (Å²) in [5.41, 5.74) is 5.42. The predicted molar refractivity (Wildman–Crippen MR) is 106 cm³/mol. The third-order valence-corrected chi connectivity index (χ3v) is 5.33. The van der Waals surface area contributed by atoms with Crippen molar-refractivity contribution in [3.05, 3.63) is 58.6 Å². The second-order valence-electron chi connectivity index (χ2n) is 6.60. The highest BCUT2D eigenvalue weighted by atomic mass is 32.1. The molecule has 1 aromatic carbocycles. The summed E-state index contributed by atoms with van der Waals surface area (Å²) in [5.74, 6) is 0.442. The largest absolute Gasteiger partial charge is 0.362 e. The molecule has 3 aromatic rings. The maximum absolute atomic E-state index is 12.6. The Balaban J connectivity index is 1.55. The lowest BCUT2D eigenvalue weighted by atomic mass is 10.1. The number of nitrogens with zero attached hydrogens (tertiary/aromatic N) is 3. The lowest BCUT2D eigenvalue weighted by molar-refractivity contribution is 0.102. The molecule has 1 aliphatic carbocycles. The molecular weight excluding hydrogens is 344 g/mol. The van der Waals surface area contributed by atoms with Crippen molar-refractivity contribution in [1.82, 2.24) is 9.97 Å². The van der Waals surface area contributed by atoms with Crippen LogP contribution in [0.3, 0.4) is 0 Å². The molecule has 26 heavy (non-hydrogen) atoms. The van der Waals surface area contributed by atoms with E-state index in [9.17, 15) is 4.79 Å². The van der Waals surface area contributed by atoms with Gasteiger partial charge < -0.3 is 4.90 Å². The molecule has 0 fully saturated rings. The van der Waals surface area contributed by atoms with Crippen molar-refractivity contribution in [1.29, 1.82) is 0 Å². The van der Waals surface area contributed by atoms with Crippen LogP contribution in [0.25, 0.3) is 11.3 Å². The zero-order valence-electron chi connectivity index (χ0n) is 14.8. The van der Waals surface area contributed by atoms with E-state index in [4.69, 9.17) is 0 Å².